The Bertz CT molecular complexity index is 28.0. The molecule has 0 amide bonds. The minimum Gasteiger partial charge on any atom is -0.427 e. The minimum atomic E-state index is -1.17. The van der Waals surface area contributed by atoms with Crippen molar-refractivity contribution >= 4 is 7.12 Å². The average molecular weight is 148 g/mol. The summed E-state index contributed by atoms with van der Waals surface area (Å²) in [4.78, 5) is 0. The van der Waals surface area contributed by atoms with E-state index in [0.29, 0.717) is 0 Å². The fraction of sp³-hybridized carbons (Fsp3) is 1.00. The van der Waals surface area contributed by atoms with Crippen LogP contribution in [-0.4, -0.2) is 17.2 Å². The summed E-state index contributed by atoms with van der Waals surface area (Å²) < 4.78 is 0. The first-order valence-corrected chi connectivity index (χ1v) is 3.92. The monoisotopic (exact) mass is 148 g/mol. The lowest BCUT2D eigenvalue weighted by Crippen LogP contribution is -2.00. The quantitative estimate of drug-likeness (QED) is 0.515. The Labute approximate surface area is 65.4 Å². The van der Waals surface area contributed by atoms with Crippen molar-refractivity contribution in [3.05, 3.63) is 0 Å². The Morgan fingerprint density at radius 1 is 0.900 bits per heavy atom. The van der Waals surface area contributed by atoms with Crippen LogP contribution in [0.25, 0.3) is 0 Å². The molecule has 0 spiro atoms. The minimum absolute atomic E-state index is 1.17. The molecule has 0 saturated heterocycles. The third-order valence-electron chi connectivity index (χ3n) is 0. The molecular weight excluding hydrogens is 127 g/mol. The first kappa shape index (κ1) is 16.5. The van der Waals surface area contributed by atoms with Crippen molar-refractivity contribution in [3.63, 3.8) is 0 Å². The molecule has 0 aromatic carbocycles. The smallest absolute Gasteiger partial charge is 0.427 e. The van der Waals surface area contributed by atoms with Crippen LogP contribution < -0.4 is 0 Å². The second-order valence-electron chi connectivity index (χ2n) is 2.05. The molecule has 0 unspecified atom stereocenters. The highest BCUT2D eigenvalue weighted by Gasteiger charge is 1.86. The molecule has 0 aliphatic heterocycles. The molecule has 0 bridgehead atoms. The molecule has 0 aromatic heterocycles. The number of hydrogen-bond donors (Lipinski definition) is 2. The van der Waals surface area contributed by atoms with Gasteiger partial charge in [0.25, 0.3) is 0 Å². The van der Waals surface area contributed by atoms with E-state index >= 15 is 0 Å². The largest absolute Gasteiger partial charge is 0.448 e. The molecule has 0 atom stereocenters. The summed E-state index contributed by atoms with van der Waals surface area (Å²) in [5, 5.41) is 15.2. The molecule has 0 heterocycles. The van der Waals surface area contributed by atoms with E-state index in [2.05, 4.69) is 27.7 Å². The standard InChI is InChI=1S/2C3H8.CH5BO2/c2*1-3-2;1-2(3)4/h2*3H2,1-2H3;3-4H,1H3. The topological polar surface area (TPSA) is 40.5 Å². The van der Waals surface area contributed by atoms with Crippen LogP contribution >= 0.6 is 0 Å². The van der Waals surface area contributed by atoms with Gasteiger partial charge in [-0.05, 0) is 6.82 Å². The fourth-order valence-corrected chi connectivity index (χ4v) is 0. The van der Waals surface area contributed by atoms with Crippen LogP contribution in [0.5, 0.6) is 0 Å². The Kier molecular flexibility index (Phi) is 38.1. The van der Waals surface area contributed by atoms with Crippen LogP contribution in [0.2, 0.25) is 6.82 Å². The number of hydrogen-bond acceptors (Lipinski definition) is 2. The molecule has 10 heavy (non-hydrogen) atoms. The van der Waals surface area contributed by atoms with Crippen LogP contribution in [0.1, 0.15) is 40.5 Å². The van der Waals surface area contributed by atoms with Gasteiger partial charge in [-0.3, -0.25) is 0 Å². The molecule has 2 nitrogen and oxygen atoms in total. The van der Waals surface area contributed by atoms with Crippen molar-refractivity contribution in [2.45, 2.75) is 47.4 Å². The van der Waals surface area contributed by atoms with E-state index in [-0.39, 0.29) is 0 Å². The Morgan fingerprint density at radius 3 is 0.900 bits per heavy atom. The highest BCUT2D eigenvalue weighted by atomic mass is 16.4. The maximum Gasteiger partial charge on any atom is 0.448 e. The normalized spacial score (nSPS) is 6.30. The van der Waals surface area contributed by atoms with Crippen LogP contribution in [0.4, 0.5) is 0 Å². The summed E-state index contributed by atoms with van der Waals surface area (Å²) in [6.07, 6.45) is 2.50. The first-order valence-electron chi connectivity index (χ1n) is 3.92. The second-order valence-corrected chi connectivity index (χ2v) is 2.05. The number of rotatable bonds is 0. The summed E-state index contributed by atoms with van der Waals surface area (Å²) in [6.45, 7) is 9.78. The molecule has 0 aliphatic rings. The fourth-order valence-electron chi connectivity index (χ4n) is 0. The Hall–Kier alpha value is -0.0151. The van der Waals surface area contributed by atoms with Gasteiger partial charge in [-0.2, -0.15) is 0 Å². The van der Waals surface area contributed by atoms with E-state index in [0.717, 1.165) is 0 Å². The lowest BCUT2D eigenvalue weighted by atomic mass is 9.99. The van der Waals surface area contributed by atoms with E-state index in [1.807, 2.05) is 0 Å². The Morgan fingerprint density at radius 2 is 0.900 bits per heavy atom. The molecule has 3 heteroatoms. The van der Waals surface area contributed by atoms with Gasteiger partial charge in [0.05, 0.1) is 0 Å². The zero-order valence-corrected chi connectivity index (χ0v) is 7.89. The summed E-state index contributed by atoms with van der Waals surface area (Å²) in [5.74, 6) is 0. The predicted molar refractivity (Wildman–Crippen MR) is 48.0 cm³/mol. The zero-order valence-electron chi connectivity index (χ0n) is 7.89. The maximum atomic E-state index is 7.61. The summed E-state index contributed by atoms with van der Waals surface area (Å²) >= 11 is 0. The summed E-state index contributed by atoms with van der Waals surface area (Å²) in [7, 11) is -1.17. The lowest BCUT2D eigenvalue weighted by molar-refractivity contribution is 0.417. The molecule has 0 rings (SSSR count). The highest BCUT2D eigenvalue weighted by molar-refractivity contribution is 6.38. The third-order valence-corrected chi connectivity index (χ3v) is 0. The van der Waals surface area contributed by atoms with E-state index in [9.17, 15) is 0 Å². The van der Waals surface area contributed by atoms with Gasteiger partial charge in [-0.1, -0.05) is 40.5 Å². The molecule has 2 N–H and O–H groups in total. The molecule has 0 radical (unpaired) electrons. The van der Waals surface area contributed by atoms with Crippen molar-refractivity contribution in [3.8, 4) is 0 Å². The maximum absolute atomic E-state index is 7.61. The Balaban J connectivity index is -0.0000000750. The molecular formula is C7H21BO2. The van der Waals surface area contributed by atoms with Gasteiger partial charge in [0, 0.05) is 0 Å². The van der Waals surface area contributed by atoms with Crippen LogP contribution in [0, 0.1) is 0 Å². The van der Waals surface area contributed by atoms with E-state index < -0.39 is 7.12 Å². The van der Waals surface area contributed by atoms with Crippen LogP contribution in [0.3, 0.4) is 0 Å². The van der Waals surface area contributed by atoms with Crippen molar-refractivity contribution < 1.29 is 10.0 Å². The molecule has 0 aromatic rings. The second kappa shape index (κ2) is 23.1. The van der Waals surface area contributed by atoms with Gasteiger partial charge < -0.3 is 10.0 Å². The summed E-state index contributed by atoms with van der Waals surface area (Å²) in [5.41, 5.74) is 0. The van der Waals surface area contributed by atoms with Crippen molar-refractivity contribution in [1.29, 1.82) is 0 Å². The van der Waals surface area contributed by atoms with Gasteiger partial charge in [-0.25, -0.2) is 0 Å². The van der Waals surface area contributed by atoms with Crippen molar-refractivity contribution in [2.24, 2.45) is 0 Å². The van der Waals surface area contributed by atoms with Gasteiger partial charge in [0.15, 0.2) is 0 Å². The molecule has 0 aliphatic carbocycles. The van der Waals surface area contributed by atoms with E-state index in [1.54, 1.807) is 0 Å². The predicted octanol–water partition coefficient (Wildman–Crippen LogP) is 1.92. The molecule has 0 saturated carbocycles. The first-order chi connectivity index (χ1) is 4.56. The van der Waals surface area contributed by atoms with Crippen LogP contribution in [0.15, 0.2) is 0 Å². The third kappa shape index (κ3) is 1720000. The van der Waals surface area contributed by atoms with Crippen LogP contribution in [-0.2, 0) is 0 Å². The van der Waals surface area contributed by atoms with Gasteiger partial charge in [0.2, 0.25) is 0 Å². The lowest BCUT2D eigenvalue weighted by Gasteiger charge is -1.71. The van der Waals surface area contributed by atoms with Gasteiger partial charge in [-0.15, -0.1) is 0 Å². The zero-order chi connectivity index (χ0) is 8.99. The van der Waals surface area contributed by atoms with E-state index in [1.165, 1.54) is 19.7 Å². The van der Waals surface area contributed by atoms with Gasteiger partial charge >= 0.3 is 7.12 Å². The molecule has 0 fully saturated rings. The van der Waals surface area contributed by atoms with Gasteiger partial charge in [0.1, 0.15) is 0 Å². The molecule has 64 valence electrons. The highest BCUT2D eigenvalue weighted by Crippen LogP contribution is 1.56. The summed E-state index contributed by atoms with van der Waals surface area (Å²) in [6, 6.07) is 0. The van der Waals surface area contributed by atoms with Crippen molar-refractivity contribution in [2.75, 3.05) is 0 Å². The van der Waals surface area contributed by atoms with E-state index in [4.69, 9.17) is 10.0 Å². The SMILES string of the molecule is CB(O)O.CCC.CCC. The average Bonchev–Trinajstić information content (AvgIpc) is 1.65. The van der Waals surface area contributed by atoms with Crippen molar-refractivity contribution in [1.82, 2.24) is 0 Å².